The fourth-order valence-electron chi connectivity index (χ4n) is 2.33. The van der Waals surface area contributed by atoms with Crippen LogP contribution in [0.25, 0.3) is 10.9 Å². The third-order valence-corrected chi connectivity index (χ3v) is 3.46. The van der Waals surface area contributed by atoms with Crippen molar-refractivity contribution in [2.45, 2.75) is 5.92 Å². The highest BCUT2D eigenvalue weighted by molar-refractivity contribution is 5.97. The lowest BCUT2D eigenvalue weighted by Gasteiger charge is -2.15. The van der Waals surface area contributed by atoms with Gasteiger partial charge in [-0.3, -0.25) is 9.89 Å². The molecule has 1 aromatic heterocycles. The first-order valence-electron chi connectivity index (χ1n) is 6.77. The molecule has 4 N–H and O–H groups in total. The van der Waals surface area contributed by atoms with Crippen LogP contribution >= 0.6 is 0 Å². The lowest BCUT2D eigenvalue weighted by atomic mass is 9.98. The molecule has 0 aliphatic heterocycles. The summed E-state index contributed by atoms with van der Waals surface area (Å²) in [6.45, 7) is 0.268. The van der Waals surface area contributed by atoms with Crippen LogP contribution in [0.3, 0.4) is 0 Å². The summed E-state index contributed by atoms with van der Waals surface area (Å²) in [5.41, 5.74) is 8.35. The number of carbonyl (C=O) groups excluding carboxylic acids is 1. The minimum Gasteiger partial charge on any atom is -0.329 e. The van der Waals surface area contributed by atoms with Crippen molar-refractivity contribution in [2.24, 2.45) is 5.73 Å². The summed E-state index contributed by atoms with van der Waals surface area (Å²) in [5.74, 6) is -0.460. The number of aromatic amines is 1. The molecule has 0 spiro atoms. The lowest BCUT2D eigenvalue weighted by Crippen LogP contribution is -2.27. The maximum absolute atomic E-state index is 12.4. The van der Waals surface area contributed by atoms with Crippen LogP contribution in [0.5, 0.6) is 0 Å². The number of carbonyl (C=O) groups is 1. The van der Waals surface area contributed by atoms with Crippen LogP contribution in [0.15, 0.2) is 54.7 Å². The zero-order valence-corrected chi connectivity index (χ0v) is 11.4. The Hall–Kier alpha value is -2.66. The fraction of sp³-hybridized carbons (Fsp3) is 0.125. The monoisotopic (exact) mass is 280 g/mol. The quantitative estimate of drug-likeness (QED) is 0.685. The number of hydrogen-bond donors (Lipinski definition) is 3. The molecule has 0 unspecified atom stereocenters. The molecule has 5 nitrogen and oxygen atoms in total. The number of aromatic nitrogens is 2. The number of amides is 1. The maximum atomic E-state index is 12.4. The van der Waals surface area contributed by atoms with Crippen LogP contribution in [0.2, 0.25) is 0 Å². The molecule has 0 radical (unpaired) electrons. The van der Waals surface area contributed by atoms with Crippen molar-refractivity contribution < 1.29 is 4.79 Å². The lowest BCUT2D eigenvalue weighted by molar-refractivity contribution is -0.117. The second kappa shape index (κ2) is 5.76. The summed E-state index contributed by atoms with van der Waals surface area (Å²) in [7, 11) is 0. The summed E-state index contributed by atoms with van der Waals surface area (Å²) in [5, 5.41) is 10.7. The number of hydrogen-bond acceptors (Lipinski definition) is 3. The van der Waals surface area contributed by atoms with Crippen LogP contribution < -0.4 is 11.1 Å². The first-order chi connectivity index (χ1) is 10.3. The van der Waals surface area contributed by atoms with Crippen molar-refractivity contribution in [3.8, 4) is 0 Å². The third-order valence-electron chi connectivity index (χ3n) is 3.46. The Kier molecular flexibility index (Phi) is 3.66. The van der Waals surface area contributed by atoms with E-state index >= 15 is 0 Å². The topological polar surface area (TPSA) is 83.8 Å². The predicted octanol–water partition coefficient (Wildman–Crippen LogP) is 2.24. The van der Waals surface area contributed by atoms with E-state index in [0.29, 0.717) is 0 Å². The van der Waals surface area contributed by atoms with E-state index in [2.05, 4.69) is 15.5 Å². The van der Waals surface area contributed by atoms with E-state index in [1.165, 1.54) is 0 Å². The Morgan fingerprint density at radius 3 is 2.81 bits per heavy atom. The number of H-pyrrole nitrogens is 1. The van der Waals surface area contributed by atoms with Crippen LogP contribution in [0, 0.1) is 0 Å². The maximum Gasteiger partial charge on any atom is 0.233 e. The van der Waals surface area contributed by atoms with Gasteiger partial charge in [-0.2, -0.15) is 5.10 Å². The highest BCUT2D eigenvalue weighted by Crippen LogP contribution is 2.20. The first-order valence-corrected chi connectivity index (χ1v) is 6.77. The normalized spacial score (nSPS) is 12.2. The van der Waals surface area contributed by atoms with E-state index in [1.807, 2.05) is 48.5 Å². The van der Waals surface area contributed by atoms with E-state index < -0.39 is 0 Å². The van der Waals surface area contributed by atoms with Crippen LogP contribution in [-0.4, -0.2) is 22.6 Å². The van der Waals surface area contributed by atoms with Crippen LogP contribution in [-0.2, 0) is 4.79 Å². The van der Waals surface area contributed by atoms with Gasteiger partial charge in [0.1, 0.15) is 0 Å². The van der Waals surface area contributed by atoms with E-state index in [-0.39, 0.29) is 18.4 Å². The molecule has 0 aliphatic carbocycles. The van der Waals surface area contributed by atoms with E-state index in [9.17, 15) is 4.79 Å². The van der Waals surface area contributed by atoms with Crippen molar-refractivity contribution in [1.29, 1.82) is 0 Å². The highest BCUT2D eigenvalue weighted by atomic mass is 16.1. The number of nitrogens with one attached hydrogen (secondary N) is 2. The third kappa shape index (κ3) is 2.78. The van der Waals surface area contributed by atoms with Gasteiger partial charge in [-0.25, -0.2) is 0 Å². The number of nitrogens with two attached hydrogens (primary N) is 1. The molecule has 0 aliphatic rings. The molecule has 5 heteroatoms. The Morgan fingerprint density at radius 2 is 2.05 bits per heavy atom. The predicted molar refractivity (Wildman–Crippen MR) is 83.0 cm³/mol. The van der Waals surface area contributed by atoms with Crippen LogP contribution in [0.1, 0.15) is 11.5 Å². The summed E-state index contributed by atoms with van der Waals surface area (Å²) in [6.07, 6.45) is 1.72. The van der Waals surface area contributed by atoms with Gasteiger partial charge in [0.05, 0.1) is 17.6 Å². The van der Waals surface area contributed by atoms with Gasteiger partial charge < -0.3 is 11.1 Å². The van der Waals surface area contributed by atoms with Gasteiger partial charge in [-0.1, -0.05) is 30.3 Å². The second-order valence-corrected chi connectivity index (χ2v) is 4.86. The van der Waals surface area contributed by atoms with E-state index in [0.717, 1.165) is 22.2 Å². The zero-order chi connectivity index (χ0) is 14.7. The molecule has 3 rings (SSSR count). The highest BCUT2D eigenvalue weighted by Gasteiger charge is 2.18. The van der Waals surface area contributed by atoms with E-state index in [1.54, 1.807) is 6.20 Å². The standard InChI is InChI=1S/C16H16N4O/c17-9-14(11-4-2-1-3-5-11)16(21)19-13-6-7-15-12(8-13)10-18-20-15/h1-8,10,14H,9,17H2,(H,18,20)(H,19,21)/t14-/m1/s1. The molecule has 0 saturated carbocycles. The Labute approximate surface area is 122 Å². The zero-order valence-electron chi connectivity index (χ0n) is 11.4. The Bertz CT molecular complexity index is 751. The molecule has 1 heterocycles. The largest absolute Gasteiger partial charge is 0.329 e. The second-order valence-electron chi connectivity index (χ2n) is 4.86. The van der Waals surface area contributed by atoms with Gasteiger partial charge in [0.2, 0.25) is 5.91 Å². The Balaban J connectivity index is 1.81. The number of rotatable bonds is 4. The minimum atomic E-state index is -0.355. The molecule has 3 aromatic rings. The van der Waals surface area contributed by atoms with Gasteiger partial charge >= 0.3 is 0 Å². The average Bonchev–Trinajstić information content (AvgIpc) is 2.96. The fourth-order valence-corrected chi connectivity index (χ4v) is 2.33. The summed E-state index contributed by atoms with van der Waals surface area (Å²) in [6, 6.07) is 15.2. The smallest absolute Gasteiger partial charge is 0.233 e. The number of benzene rings is 2. The van der Waals surface area contributed by atoms with E-state index in [4.69, 9.17) is 5.73 Å². The van der Waals surface area contributed by atoms with Gasteiger partial charge in [0, 0.05) is 17.6 Å². The molecule has 0 bridgehead atoms. The Morgan fingerprint density at radius 1 is 1.24 bits per heavy atom. The van der Waals surface area contributed by atoms with Gasteiger partial charge in [-0.05, 0) is 23.8 Å². The molecule has 106 valence electrons. The van der Waals surface area contributed by atoms with Crippen molar-refractivity contribution in [3.63, 3.8) is 0 Å². The SMILES string of the molecule is NC[C@@H](C(=O)Nc1ccc2[nH]ncc2c1)c1ccccc1. The molecular formula is C16H16N4O. The van der Waals surface area contributed by atoms with Crippen molar-refractivity contribution in [1.82, 2.24) is 10.2 Å². The van der Waals surface area contributed by atoms with Gasteiger partial charge in [-0.15, -0.1) is 0 Å². The molecule has 1 atom stereocenters. The van der Waals surface area contributed by atoms with Crippen molar-refractivity contribution >= 4 is 22.5 Å². The number of nitrogens with zero attached hydrogens (tertiary/aromatic N) is 1. The average molecular weight is 280 g/mol. The molecule has 2 aromatic carbocycles. The summed E-state index contributed by atoms with van der Waals surface area (Å²) < 4.78 is 0. The van der Waals surface area contributed by atoms with Gasteiger partial charge in [0.15, 0.2) is 0 Å². The molecule has 21 heavy (non-hydrogen) atoms. The van der Waals surface area contributed by atoms with Crippen molar-refractivity contribution in [2.75, 3.05) is 11.9 Å². The van der Waals surface area contributed by atoms with Gasteiger partial charge in [0.25, 0.3) is 0 Å². The number of fused-ring (bicyclic) bond motifs is 1. The summed E-state index contributed by atoms with van der Waals surface area (Å²) in [4.78, 5) is 12.4. The summed E-state index contributed by atoms with van der Waals surface area (Å²) >= 11 is 0. The minimum absolute atomic E-state index is 0.105. The molecule has 0 saturated heterocycles. The molecule has 1 amide bonds. The first kappa shape index (κ1) is 13.3. The van der Waals surface area contributed by atoms with Crippen LogP contribution in [0.4, 0.5) is 5.69 Å². The molecule has 0 fully saturated rings. The van der Waals surface area contributed by atoms with Crippen molar-refractivity contribution in [3.05, 3.63) is 60.3 Å². The number of anilines is 1. The molecular weight excluding hydrogens is 264 g/mol.